The van der Waals surface area contributed by atoms with Crippen LogP contribution in [-0.4, -0.2) is 11.6 Å². The highest BCUT2D eigenvalue weighted by molar-refractivity contribution is 5.70. The zero-order valence-corrected chi connectivity index (χ0v) is 12.5. The minimum absolute atomic E-state index is 0.0619. The third-order valence-corrected chi connectivity index (χ3v) is 2.87. The molecule has 0 aromatic heterocycles. The Morgan fingerprint density at radius 1 is 1.06 bits per heavy atom. The van der Waals surface area contributed by atoms with E-state index in [0.717, 1.165) is 12.3 Å². The molecule has 2 nitrogen and oxygen atoms in total. The van der Waals surface area contributed by atoms with E-state index in [1.54, 1.807) is 0 Å². The second-order valence-electron chi connectivity index (χ2n) is 6.37. The van der Waals surface area contributed by atoms with Crippen molar-refractivity contribution in [2.45, 2.75) is 79.2 Å². The zero-order chi connectivity index (χ0) is 13.5. The number of rotatable bonds is 7. The number of esters is 1. The van der Waals surface area contributed by atoms with Crippen molar-refractivity contribution in [2.24, 2.45) is 11.8 Å². The lowest BCUT2D eigenvalue weighted by Gasteiger charge is -2.21. The van der Waals surface area contributed by atoms with Gasteiger partial charge in [-0.3, -0.25) is 4.79 Å². The van der Waals surface area contributed by atoms with E-state index < -0.39 is 0 Å². The molecule has 0 heterocycles. The van der Waals surface area contributed by atoms with E-state index in [1.807, 2.05) is 20.8 Å². The molecule has 17 heavy (non-hydrogen) atoms. The molecule has 0 aromatic carbocycles. The first kappa shape index (κ1) is 16.5. The molecular weight excluding hydrogens is 212 g/mol. The number of hydrogen-bond acceptors (Lipinski definition) is 2. The van der Waals surface area contributed by atoms with E-state index in [1.165, 1.54) is 19.3 Å². The first-order valence-corrected chi connectivity index (χ1v) is 6.96. The summed E-state index contributed by atoms with van der Waals surface area (Å²) in [5.41, 5.74) is -0.355. The van der Waals surface area contributed by atoms with Gasteiger partial charge in [-0.25, -0.2) is 0 Å². The van der Waals surface area contributed by atoms with E-state index in [0.29, 0.717) is 12.3 Å². The van der Waals surface area contributed by atoms with Gasteiger partial charge in [-0.1, -0.05) is 40.0 Å². The summed E-state index contributed by atoms with van der Waals surface area (Å²) in [4.78, 5) is 11.6. The van der Waals surface area contributed by atoms with Crippen LogP contribution in [0, 0.1) is 11.8 Å². The summed E-state index contributed by atoms with van der Waals surface area (Å²) in [7, 11) is 0. The highest BCUT2D eigenvalue weighted by Gasteiger charge is 2.18. The molecule has 0 saturated heterocycles. The maximum Gasteiger partial charge on any atom is 0.306 e. The molecule has 2 atom stereocenters. The molecule has 0 aromatic rings. The first-order chi connectivity index (χ1) is 7.74. The summed E-state index contributed by atoms with van der Waals surface area (Å²) in [6, 6.07) is 0. The quantitative estimate of drug-likeness (QED) is 0.611. The summed E-state index contributed by atoms with van der Waals surface area (Å²) in [5, 5.41) is 0. The zero-order valence-electron chi connectivity index (χ0n) is 12.5. The monoisotopic (exact) mass is 242 g/mol. The van der Waals surface area contributed by atoms with Gasteiger partial charge in [0.05, 0.1) is 0 Å². The summed E-state index contributed by atoms with van der Waals surface area (Å²) in [6.45, 7) is 12.4. The molecule has 0 fully saturated rings. The molecule has 0 rings (SSSR count). The molecule has 0 amide bonds. The molecule has 0 bridgehead atoms. The topological polar surface area (TPSA) is 26.3 Å². The molecule has 0 radical (unpaired) electrons. The van der Waals surface area contributed by atoms with Gasteiger partial charge < -0.3 is 4.74 Å². The fraction of sp³-hybridized carbons (Fsp3) is 0.933. The Morgan fingerprint density at radius 3 is 2.06 bits per heavy atom. The number of carbonyl (C=O) groups excluding carboxylic acids is 1. The number of hydrogen-bond donors (Lipinski definition) is 0. The lowest BCUT2D eigenvalue weighted by atomic mass is 9.93. The average Bonchev–Trinajstić information content (AvgIpc) is 2.12. The van der Waals surface area contributed by atoms with Gasteiger partial charge in [-0.05, 0) is 39.0 Å². The predicted molar refractivity (Wildman–Crippen MR) is 72.9 cm³/mol. The molecule has 0 N–H and O–H groups in total. The van der Waals surface area contributed by atoms with Crippen molar-refractivity contribution in [1.82, 2.24) is 0 Å². The second kappa shape index (κ2) is 7.73. The van der Waals surface area contributed by atoms with Crippen LogP contribution in [0.4, 0.5) is 0 Å². The molecule has 2 heteroatoms. The van der Waals surface area contributed by atoms with Crippen molar-refractivity contribution in [1.29, 1.82) is 0 Å². The summed E-state index contributed by atoms with van der Waals surface area (Å²) in [5.74, 6) is 1.15. The van der Waals surface area contributed by atoms with E-state index in [-0.39, 0.29) is 11.6 Å². The van der Waals surface area contributed by atoms with Gasteiger partial charge >= 0.3 is 5.97 Å². The van der Waals surface area contributed by atoms with Crippen LogP contribution in [0.3, 0.4) is 0 Å². The van der Waals surface area contributed by atoms with Crippen LogP contribution in [0.25, 0.3) is 0 Å². The number of carbonyl (C=O) groups is 1. The van der Waals surface area contributed by atoms with Crippen molar-refractivity contribution >= 4 is 5.97 Å². The normalized spacial score (nSPS) is 15.4. The summed E-state index contributed by atoms with van der Waals surface area (Å²) in [6.07, 6.45) is 5.44. The van der Waals surface area contributed by atoms with Crippen LogP contribution in [0.5, 0.6) is 0 Å². The molecule has 0 aliphatic rings. The van der Waals surface area contributed by atoms with Crippen molar-refractivity contribution in [3.8, 4) is 0 Å². The fourth-order valence-corrected chi connectivity index (χ4v) is 1.98. The van der Waals surface area contributed by atoms with Crippen LogP contribution in [-0.2, 0) is 9.53 Å². The Balaban J connectivity index is 3.78. The third kappa shape index (κ3) is 10.3. The van der Waals surface area contributed by atoms with Gasteiger partial charge in [0.1, 0.15) is 5.60 Å². The number of ether oxygens (including phenoxy) is 1. The minimum atomic E-state index is -0.355. The van der Waals surface area contributed by atoms with Crippen LogP contribution in [0.15, 0.2) is 0 Å². The van der Waals surface area contributed by atoms with Crippen molar-refractivity contribution < 1.29 is 9.53 Å². The lowest BCUT2D eigenvalue weighted by Crippen LogP contribution is -2.24. The molecular formula is C15H30O2. The Labute approximate surface area is 107 Å². The van der Waals surface area contributed by atoms with Crippen LogP contribution < -0.4 is 0 Å². The maximum atomic E-state index is 11.6. The van der Waals surface area contributed by atoms with Gasteiger partial charge in [0.2, 0.25) is 0 Å². The molecule has 0 saturated carbocycles. The smallest absolute Gasteiger partial charge is 0.306 e. The third-order valence-electron chi connectivity index (χ3n) is 2.87. The van der Waals surface area contributed by atoms with E-state index in [2.05, 4.69) is 20.8 Å². The Bertz CT molecular complexity index is 215. The largest absolute Gasteiger partial charge is 0.460 e. The van der Waals surface area contributed by atoms with Crippen molar-refractivity contribution in [2.75, 3.05) is 0 Å². The minimum Gasteiger partial charge on any atom is -0.460 e. The van der Waals surface area contributed by atoms with Gasteiger partial charge in [-0.15, -0.1) is 0 Å². The second-order valence-corrected chi connectivity index (χ2v) is 6.37. The van der Waals surface area contributed by atoms with E-state index in [4.69, 9.17) is 4.74 Å². The van der Waals surface area contributed by atoms with Crippen LogP contribution >= 0.6 is 0 Å². The van der Waals surface area contributed by atoms with E-state index in [9.17, 15) is 4.79 Å². The highest BCUT2D eigenvalue weighted by Crippen LogP contribution is 2.20. The summed E-state index contributed by atoms with van der Waals surface area (Å²) < 4.78 is 5.32. The van der Waals surface area contributed by atoms with Crippen molar-refractivity contribution in [3.63, 3.8) is 0 Å². The SMILES string of the molecule is CCCC(C)CCC(C)CC(=O)OC(C)(C)C. The average molecular weight is 242 g/mol. The van der Waals surface area contributed by atoms with E-state index >= 15 is 0 Å². The van der Waals surface area contributed by atoms with Gasteiger partial charge in [0.15, 0.2) is 0 Å². The van der Waals surface area contributed by atoms with Crippen LogP contribution in [0.1, 0.15) is 73.6 Å². The highest BCUT2D eigenvalue weighted by atomic mass is 16.6. The Hall–Kier alpha value is -0.530. The summed E-state index contributed by atoms with van der Waals surface area (Å²) >= 11 is 0. The standard InChI is InChI=1S/C15H30O2/c1-7-8-12(2)9-10-13(3)11-14(16)17-15(4,5)6/h12-13H,7-11H2,1-6H3. The molecule has 2 unspecified atom stereocenters. The predicted octanol–water partition coefficient (Wildman–Crippen LogP) is 4.57. The fourth-order valence-electron chi connectivity index (χ4n) is 1.98. The molecule has 0 aliphatic carbocycles. The molecule has 102 valence electrons. The van der Waals surface area contributed by atoms with Crippen molar-refractivity contribution in [3.05, 3.63) is 0 Å². The molecule has 0 spiro atoms. The first-order valence-electron chi connectivity index (χ1n) is 6.96. The maximum absolute atomic E-state index is 11.6. The van der Waals surface area contributed by atoms with Gasteiger partial charge in [0, 0.05) is 6.42 Å². The van der Waals surface area contributed by atoms with Gasteiger partial charge in [-0.2, -0.15) is 0 Å². The Kier molecular flexibility index (Phi) is 7.49. The Morgan fingerprint density at radius 2 is 1.59 bits per heavy atom. The van der Waals surface area contributed by atoms with Gasteiger partial charge in [0.25, 0.3) is 0 Å². The molecule has 0 aliphatic heterocycles. The van der Waals surface area contributed by atoms with Crippen LogP contribution in [0.2, 0.25) is 0 Å². The lowest BCUT2D eigenvalue weighted by molar-refractivity contribution is -0.155.